The fourth-order valence-electron chi connectivity index (χ4n) is 1.84. The van der Waals surface area contributed by atoms with E-state index < -0.39 is 0 Å². The van der Waals surface area contributed by atoms with Crippen LogP contribution in [0.2, 0.25) is 21.3 Å². The van der Waals surface area contributed by atoms with Crippen LogP contribution in [0.5, 0.6) is 0 Å². The second kappa shape index (κ2) is 14.7. The van der Waals surface area contributed by atoms with Crippen LogP contribution in [-0.4, -0.2) is 59.8 Å². The van der Waals surface area contributed by atoms with Crippen molar-refractivity contribution in [3.05, 3.63) is 23.7 Å². The molecule has 8 heteroatoms. The van der Waals surface area contributed by atoms with E-state index in [1.807, 2.05) is 0 Å². The number of hydrogen-bond acceptors (Lipinski definition) is 4. The Morgan fingerprint density at radius 1 is 0.462 bits per heavy atom. The molecule has 2 heterocycles. The van der Waals surface area contributed by atoms with E-state index in [0.29, 0.717) is 59.8 Å². The van der Waals surface area contributed by atoms with Crippen LogP contribution in [0, 0.1) is 0 Å². The third-order valence-corrected chi connectivity index (χ3v) is 24.0. The van der Waals surface area contributed by atoms with Crippen molar-refractivity contribution in [2.75, 3.05) is 0 Å². The first kappa shape index (κ1) is 25.0. The van der Waals surface area contributed by atoms with Crippen LogP contribution in [0.1, 0.15) is 53.4 Å². The Labute approximate surface area is 202 Å². The van der Waals surface area contributed by atoms with Crippen molar-refractivity contribution < 1.29 is 0 Å². The zero-order valence-corrected chi connectivity index (χ0v) is 26.0. The molecule has 0 fully saturated rings. The van der Waals surface area contributed by atoms with Crippen molar-refractivity contribution in [2.24, 2.45) is 0 Å². The minimum atomic E-state index is 0.713. The summed E-state index contributed by atoms with van der Waals surface area (Å²) in [4.78, 5) is 0. The normalized spacial score (nSPS) is 18.0. The molecule has 0 amide bonds. The first-order valence-electron chi connectivity index (χ1n) is 9.18. The van der Waals surface area contributed by atoms with Gasteiger partial charge in [-0.3, -0.25) is 0 Å². The molecule has 2 aliphatic heterocycles. The monoisotopic (exact) mass is 692 g/mol. The average molecular weight is 689 g/mol. The Balaban J connectivity index is 2.08. The van der Waals surface area contributed by atoms with Gasteiger partial charge < -0.3 is 0 Å². The quantitative estimate of drug-likeness (QED) is 0.195. The molecule has 0 N–H and O–H groups in total. The molecule has 26 heavy (non-hydrogen) atoms. The van der Waals surface area contributed by atoms with Gasteiger partial charge in [-0.1, -0.05) is 0 Å². The molecular weight excluding hydrogens is 660 g/mol. The molecule has 0 bridgehead atoms. The van der Waals surface area contributed by atoms with Crippen molar-refractivity contribution >= 4 is 107 Å². The van der Waals surface area contributed by atoms with Crippen LogP contribution in [-0.2, 0) is 0 Å². The van der Waals surface area contributed by atoms with Crippen LogP contribution in [0.15, 0.2) is 23.7 Å². The van der Waals surface area contributed by atoms with E-state index in [1.165, 1.54) is 47.0 Å². The van der Waals surface area contributed by atoms with Crippen molar-refractivity contribution in [1.29, 1.82) is 0 Å². The van der Waals surface area contributed by atoms with E-state index >= 15 is 0 Å². The van der Waals surface area contributed by atoms with E-state index in [9.17, 15) is 0 Å². The molecular formula is C18H28S4Se4. The van der Waals surface area contributed by atoms with Gasteiger partial charge in [0.05, 0.1) is 0 Å². The molecule has 0 nitrogen and oxygen atoms in total. The molecule has 0 aromatic heterocycles. The molecule has 0 aliphatic carbocycles. The zero-order valence-electron chi connectivity index (χ0n) is 15.9. The van der Waals surface area contributed by atoms with Gasteiger partial charge in [-0.15, -0.1) is 0 Å². The van der Waals surface area contributed by atoms with Gasteiger partial charge in [0.1, 0.15) is 0 Å². The molecule has 2 rings (SSSR count). The molecule has 0 saturated heterocycles. The molecule has 148 valence electrons. The predicted molar refractivity (Wildman–Crippen MR) is 135 cm³/mol. The maximum atomic E-state index is 2.34. The van der Waals surface area contributed by atoms with Crippen molar-refractivity contribution in [2.45, 2.75) is 74.7 Å². The summed E-state index contributed by atoms with van der Waals surface area (Å²) >= 11 is 11.5. The van der Waals surface area contributed by atoms with Gasteiger partial charge in [0, 0.05) is 0 Å². The molecule has 0 unspecified atom stereocenters. The Bertz CT molecular complexity index is 465. The Hall–Kier alpha value is 2.70. The van der Waals surface area contributed by atoms with Gasteiger partial charge in [-0.05, 0) is 0 Å². The van der Waals surface area contributed by atoms with Crippen LogP contribution in [0.3, 0.4) is 0 Å². The molecule has 0 aromatic rings. The Morgan fingerprint density at radius 2 is 0.692 bits per heavy atom. The molecule has 0 saturated carbocycles. The molecule has 0 atom stereocenters. The summed E-state index contributed by atoms with van der Waals surface area (Å²) in [6.45, 7) is 9.34. The fraction of sp³-hybridized carbons (Fsp3) is 0.667. The molecule has 0 radical (unpaired) electrons. The maximum absolute atomic E-state index is 2.34. The number of thioether (sulfide) groups is 4. The zero-order chi connectivity index (χ0) is 18.8. The van der Waals surface area contributed by atoms with Crippen molar-refractivity contribution in [3.8, 4) is 0 Å². The Morgan fingerprint density at radius 3 is 0.885 bits per heavy atom. The van der Waals surface area contributed by atoms with Gasteiger partial charge in [-0.25, -0.2) is 0 Å². The van der Waals surface area contributed by atoms with E-state index in [4.69, 9.17) is 0 Å². The second-order valence-electron chi connectivity index (χ2n) is 5.53. The van der Waals surface area contributed by atoms with Gasteiger partial charge in [0.2, 0.25) is 0 Å². The number of hydrogen-bond donors (Lipinski definition) is 0. The SMILES string of the molecule is CCC[Se]C1=C([Se]CCC)SC(=C2SC([Se]CCC)=C([Se]CCC)S2)S1. The first-order chi connectivity index (χ1) is 12.7. The minimum absolute atomic E-state index is 0.713. The van der Waals surface area contributed by atoms with Gasteiger partial charge in [0.15, 0.2) is 0 Å². The second-order valence-corrected chi connectivity index (χ2v) is 21.7. The van der Waals surface area contributed by atoms with E-state index in [1.54, 1.807) is 23.7 Å². The third-order valence-electron chi connectivity index (χ3n) is 2.99. The summed E-state index contributed by atoms with van der Waals surface area (Å²) < 4.78 is 10.4. The topological polar surface area (TPSA) is 0 Å². The Kier molecular flexibility index (Phi) is 14.1. The van der Waals surface area contributed by atoms with E-state index in [0.717, 1.165) is 0 Å². The summed E-state index contributed by atoms with van der Waals surface area (Å²) in [6.07, 6.45) is 5.36. The van der Waals surface area contributed by atoms with Crippen LogP contribution < -0.4 is 0 Å². The van der Waals surface area contributed by atoms with Crippen molar-refractivity contribution in [3.63, 3.8) is 0 Å². The molecule has 2 aliphatic rings. The van der Waals surface area contributed by atoms with E-state index in [2.05, 4.69) is 74.7 Å². The first-order valence-corrected chi connectivity index (χ1v) is 20.7. The summed E-state index contributed by atoms with van der Waals surface area (Å²) in [6, 6.07) is 0. The fourth-order valence-corrected chi connectivity index (χ4v) is 22.1. The van der Waals surface area contributed by atoms with Gasteiger partial charge in [0.25, 0.3) is 0 Å². The summed E-state index contributed by atoms with van der Waals surface area (Å²) in [5.41, 5.74) is 0. The third kappa shape index (κ3) is 8.08. The summed E-state index contributed by atoms with van der Waals surface area (Å²) in [7, 11) is 0. The van der Waals surface area contributed by atoms with Gasteiger partial charge >= 0.3 is 205 Å². The van der Waals surface area contributed by atoms with Gasteiger partial charge in [-0.2, -0.15) is 0 Å². The van der Waals surface area contributed by atoms with Crippen LogP contribution in [0.25, 0.3) is 0 Å². The number of rotatable bonds is 12. The van der Waals surface area contributed by atoms with Crippen LogP contribution >= 0.6 is 47.0 Å². The molecule has 0 aromatic carbocycles. The predicted octanol–water partition coefficient (Wildman–Crippen LogP) is 7.46. The van der Waals surface area contributed by atoms with Crippen molar-refractivity contribution in [1.82, 2.24) is 0 Å². The summed E-state index contributed by atoms with van der Waals surface area (Å²) in [5, 5.41) is 5.66. The van der Waals surface area contributed by atoms with Crippen LogP contribution in [0.4, 0.5) is 0 Å². The molecule has 0 spiro atoms. The van der Waals surface area contributed by atoms with E-state index in [-0.39, 0.29) is 0 Å². The average Bonchev–Trinajstić information content (AvgIpc) is 3.25. The standard InChI is InChI=1S/C18H28S4Se4/c1-5-9-23-15-16(24-10-6-2)20-13(19-15)14-21-17(25-11-7-3)18(22-14)26-12-8-4/h5-12H2,1-4H3. The summed E-state index contributed by atoms with van der Waals surface area (Å²) in [5.74, 6) is 0.